The standard InChI is InChI=1S/C16H14FN3O2/c17-11-4-6-13(7-5-11)20-15(21)9-14(16(20)22)19-10-12-3-1-2-8-18-12/h1-8,14,19H,9-10H2/t14-/m0/s1. The molecule has 1 N–H and O–H groups in total. The lowest BCUT2D eigenvalue weighted by Gasteiger charge is -2.15. The molecular formula is C16H14FN3O2. The molecule has 1 fully saturated rings. The Morgan fingerprint density at radius 1 is 1.18 bits per heavy atom. The first-order chi connectivity index (χ1) is 10.6. The summed E-state index contributed by atoms with van der Waals surface area (Å²) in [4.78, 5) is 29.6. The fourth-order valence-corrected chi connectivity index (χ4v) is 2.38. The van der Waals surface area contributed by atoms with Gasteiger partial charge in [0.15, 0.2) is 0 Å². The Hall–Kier alpha value is -2.60. The normalized spacial score (nSPS) is 18.0. The van der Waals surface area contributed by atoms with Crippen molar-refractivity contribution in [3.05, 3.63) is 60.2 Å². The lowest BCUT2D eigenvalue weighted by Crippen LogP contribution is -2.38. The van der Waals surface area contributed by atoms with Gasteiger partial charge in [0.25, 0.3) is 5.91 Å². The van der Waals surface area contributed by atoms with Gasteiger partial charge in [-0.1, -0.05) is 6.07 Å². The molecule has 1 aliphatic heterocycles. The Kier molecular flexibility index (Phi) is 3.93. The van der Waals surface area contributed by atoms with Crippen molar-refractivity contribution in [1.29, 1.82) is 0 Å². The summed E-state index contributed by atoms with van der Waals surface area (Å²) in [5.74, 6) is -1.03. The second-order valence-electron chi connectivity index (χ2n) is 5.00. The first-order valence-corrected chi connectivity index (χ1v) is 6.91. The van der Waals surface area contributed by atoms with Crippen LogP contribution in [-0.4, -0.2) is 22.8 Å². The van der Waals surface area contributed by atoms with Gasteiger partial charge >= 0.3 is 0 Å². The number of imide groups is 1. The van der Waals surface area contributed by atoms with Gasteiger partial charge < -0.3 is 0 Å². The van der Waals surface area contributed by atoms with E-state index in [4.69, 9.17) is 0 Å². The highest BCUT2D eigenvalue weighted by Gasteiger charge is 2.39. The van der Waals surface area contributed by atoms with Gasteiger partial charge in [0.05, 0.1) is 23.8 Å². The molecule has 0 unspecified atom stereocenters. The van der Waals surface area contributed by atoms with Crippen molar-refractivity contribution < 1.29 is 14.0 Å². The number of amides is 2. The van der Waals surface area contributed by atoms with Crippen molar-refractivity contribution in [2.24, 2.45) is 0 Å². The minimum atomic E-state index is -0.584. The summed E-state index contributed by atoms with van der Waals surface area (Å²) in [6.45, 7) is 0.405. The number of hydrogen-bond donors (Lipinski definition) is 1. The van der Waals surface area contributed by atoms with Crippen LogP contribution in [0.4, 0.5) is 10.1 Å². The van der Waals surface area contributed by atoms with E-state index in [-0.39, 0.29) is 18.2 Å². The van der Waals surface area contributed by atoms with Gasteiger partial charge in [0.1, 0.15) is 5.82 Å². The Balaban J connectivity index is 1.70. The van der Waals surface area contributed by atoms with Crippen molar-refractivity contribution in [1.82, 2.24) is 10.3 Å². The zero-order valence-electron chi connectivity index (χ0n) is 11.7. The Morgan fingerprint density at radius 3 is 2.64 bits per heavy atom. The maximum absolute atomic E-state index is 12.9. The molecule has 112 valence electrons. The highest BCUT2D eigenvalue weighted by atomic mass is 19.1. The topological polar surface area (TPSA) is 62.3 Å². The van der Waals surface area contributed by atoms with Crippen LogP contribution in [0.2, 0.25) is 0 Å². The molecule has 0 bridgehead atoms. The monoisotopic (exact) mass is 299 g/mol. The molecule has 1 aromatic heterocycles. The molecule has 0 saturated carbocycles. The molecule has 1 saturated heterocycles. The molecule has 5 nitrogen and oxygen atoms in total. The van der Waals surface area contributed by atoms with Crippen LogP contribution in [0.3, 0.4) is 0 Å². The molecule has 2 heterocycles. The fraction of sp³-hybridized carbons (Fsp3) is 0.188. The van der Waals surface area contributed by atoms with Crippen LogP contribution in [0.25, 0.3) is 0 Å². The Bertz CT molecular complexity index is 688. The van der Waals surface area contributed by atoms with E-state index in [2.05, 4.69) is 10.3 Å². The first kappa shape index (κ1) is 14.3. The summed E-state index contributed by atoms with van der Waals surface area (Å²) in [7, 11) is 0. The lowest BCUT2D eigenvalue weighted by atomic mass is 10.2. The SMILES string of the molecule is O=C1C[C@H](NCc2ccccn2)C(=O)N1c1ccc(F)cc1. The minimum absolute atomic E-state index is 0.0864. The van der Waals surface area contributed by atoms with E-state index in [0.29, 0.717) is 12.2 Å². The summed E-state index contributed by atoms with van der Waals surface area (Å²) in [6, 6.07) is 10.2. The number of halogens is 1. The average molecular weight is 299 g/mol. The summed E-state index contributed by atoms with van der Waals surface area (Å²) in [5.41, 5.74) is 1.18. The van der Waals surface area contributed by atoms with Gasteiger partial charge in [-0.25, -0.2) is 9.29 Å². The van der Waals surface area contributed by atoms with E-state index < -0.39 is 11.9 Å². The number of pyridine rings is 1. The number of carbonyl (C=O) groups excluding carboxylic acids is 2. The van der Waals surface area contributed by atoms with Crippen molar-refractivity contribution in [3.8, 4) is 0 Å². The number of rotatable bonds is 4. The predicted molar refractivity (Wildman–Crippen MR) is 78.4 cm³/mol. The van der Waals surface area contributed by atoms with E-state index >= 15 is 0 Å². The van der Waals surface area contributed by atoms with Gasteiger partial charge in [-0.15, -0.1) is 0 Å². The molecule has 1 aliphatic rings. The Labute approximate surface area is 126 Å². The van der Waals surface area contributed by atoms with Gasteiger partial charge in [0.2, 0.25) is 5.91 Å². The molecule has 0 radical (unpaired) electrons. The molecule has 2 amide bonds. The average Bonchev–Trinajstić information content (AvgIpc) is 2.82. The highest BCUT2D eigenvalue weighted by Crippen LogP contribution is 2.23. The zero-order valence-corrected chi connectivity index (χ0v) is 11.7. The molecule has 0 spiro atoms. The third-order valence-electron chi connectivity index (χ3n) is 3.49. The number of benzene rings is 1. The highest BCUT2D eigenvalue weighted by molar-refractivity contribution is 6.22. The summed E-state index contributed by atoms with van der Waals surface area (Å²) in [5, 5.41) is 3.04. The summed E-state index contributed by atoms with van der Waals surface area (Å²) >= 11 is 0. The summed E-state index contributed by atoms with van der Waals surface area (Å²) < 4.78 is 12.9. The molecule has 3 rings (SSSR count). The number of hydrogen-bond acceptors (Lipinski definition) is 4. The maximum atomic E-state index is 12.9. The molecule has 1 atom stereocenters. The predicted octanol–water partition coefficient (Wildman–Crippen LogP) is 1.64. The molecule has 0 aliphatic carbocycles. The van der Waals surface area contributed by atoms with Gasteiger partial charge in [0, 0.05) is 12.7 Å². The quantitative estimate of drug-likeness (QED) is 0.872. The zero-order chi connectivity index (χ0) is 15.5. The van der Waals surface area contributed by atoms with Crippen LogP contribution < -0.4 is 10.2 Å². The number of nitrogens with one attached hydrogen (secondary N) is 1. The van der Waals surface area contributed by atoms with Crippen LogP contribution in [-0.2, 0) is 16.1 Å². The molecule has 2 aromatic rings. The number of carbonyl (C=O) groups is 2. The third-order valence-corrected chi connectivity index (χ3v) is 3.49. The molecule has 6 heteroatoms. The van der Waals surface area contributed by atoms with Crippen LogP contribution in [0.5, 0.6) is 0 Å². The number of aromatic nitrogens is 1. The molecular weight excluding hydrogens is 285 g/mol. The van der Waals surface area contributed by atoms with E-state index in [0.717, 1.165) is 10.6 Å². The second-order valence-corrected chi connectivity index (χ2v) is 5.00. The fourth-order valence-electron chi connectivity index (χ4n) is 2.38. The smallest absolute Gasteiger partial charge is 0.251 e. The van der Waals surface area contributed by atoms with Gasteiger partial charge in [-0.2, -0.15) is 0 Å². The number of anilines is 1. The van der Waals surface area contributed by atoms with Crippen molar-refractivity contribution in [3.63, 3.8) is 0 Å². The van der Waals surface area contributed by atoms with Crippen molar-refractivity contribution in [2.75, 3.05) is 4.90 Å². The third kappa shape index (κ3) is 2.87. The van der Waals surface area contributed by atoms with Crippen LogP contribution in [0.15, 0.2) is 48.7 Å². The summed E-state index contributed by atoms with van der Waals surface area (Å²) in [6.07, 6.45) is 1.76. The number of nitrogens with zero attached hydrogens (tertiary/aromatic N) is 2. The Morgan fingerprint density at radius 2 is 1.95 bits per heavy atom. The van der Waals surface area contributed by atoms with Crippen molar-refractivity contribution in [2.45, 2.75) is 19.0 Å². The van der Waals surface area contributed by atoms with Gasteiger partial charge in [-0.3, -0.25) is 19.9 Å². The van der Waals surface area contributed by atoms with Gasteiger partial charge in [-0.05, 0) is 36.4 Å². The van der Waals surface area contributed by atoms with E-state index in [1.807, 2.05) is 18.2 Å². The molecule has 1 aromatic carbocycles. The van der Waals surface area contributed by atoms with E-state index in [1.165, 1.54) is 24.3 Å². The van der Waals surface area contributed by atoms with Crippen molar-refractivity contribution >= 4 is 17.5 Å². The van der Waals surface area contributed by atoms with Crippen LogP contribution in [0.1, 0.15) is 12.1 Å². The van der Waals surface area contributed by atoms with Crippen LogP contribution >= 0.6 is 0 Å². The van der Waals surface area contributed by atoms with Crippen LogP contribution in [0, 0.1) is 5.82 Å². The van der Waals surface area contributed by atoms with E-state index in [9.17, 15) is 14.0 Å². The molecule has 22 heavy (non-hydrogen) atoms. The minimum Gasteiger partial charge on any atom is -0.300 e. The maximum Gasteiger partial charge on any atom is 0.251 e. The lowest BCUT2D eigenvalue weighted by molar-refractivity contribution is -0.121. The van der Waals surface area contributed by atoms with E-state index in [1.54, 1.807) is 6.20 Å². The largest absolute Gasteiger partial charge is 0.300 e. The second kappa shape index (κ2) is 6.03. The first-order valence-electron chi connectivity index (χ1n) is 6.91.